The van der Waals surface area contributed by atoms with Gasteiger partial charge in [0.2, 0.25) is 11.9 Å². The minimum atomic E-state index is -1.81. The molecule has 6 atom stereocenters. The van der Waals surface area contributed by atoms with Crippen LogP contribution in [0.15, 0.2) is 42.5 Å². The Labute approximate surface area is 250 Å². The van der Waals surface area contributed by atoms with Gasteiger partial charge in [0.1, 0.15) is 11.9 Å². The van der Waals surface area contributed by atoms with Crippen LogP contribution in [0.25, 0.3) is 0 Å². The number of aryl methyl sites for hydroxylation is 1. The molecule has 43 heavy (non-hydrogen) atoms. The molecule has 0 N–H and O–H groups in total. The molecular weight excluding hydrogens is 560 g/mol. The summed E-state index contributed by atoms with van der Waals surface area (Å²) in [7, 11) is 0. The molecule has 2 aromatic rings. The van der Waals surface area contributed by atoms with Crippen LogP contribution in [0.3, 0.4) is 0 Å². The molecule has 2 aromatic carbocycles. The van der Waals surface area contributed by atoms with Crippen LogP contribution in [0.5, 0.6) is 5.75 Å². The molecule has 0 aliphatic carbocycles. The first-order valence-corrected chi connectivity index (χ1v) is 14.2. The minimum absolute atomic E-state index is 0.239. The average Bonchev–Trinajstić information content (AvgIpc) is 3.30. The van der Waals surface area contributed by atoms with Crippen LogP contribution in [-0.4, -0.2) is 67.1 Å². The van der Waals surface area contributed by atoms with Gasteiger partial charge in [0.05, 0.1) is 13.2 Å². The number of hydrogen-bond acceptors (Lipinski definition) is 11. The van der Waals surface area contributed by atoms with Crippen molar-refractivity contribution in [3.63, 3.8) is 0 Å². The number of carbonyl (C=O) groups is 4. The monoisotopic (exact) mass is 598 g/mol. The fourth-order valence-electron chi connectivity index (χ4n) is 5.73. The lowest BCUT2D eigenvalue weighted by Crippen LogP contribution is -2.70. The number of ether oxygens (including phenoxy) is 7. The second kappa shape index (κ2) is 12.7. The quantitative estimate of drug-likeness (QED) is 0.293. The van der Waals surface area contributed by atoms with Gasteiger partial charge in [-0.15, -0.1) is 0 Å². The summed E-state index contributed by atoms with van der Waals surface area (Å²) in [6.07, 6.45) is -4.58. The van der Waals surface area contributed by atoms with Gasteiger partial charge in [-0.25, -0.2) is 0 Å². The fourth-order valence-corrected chi connectivity index (χ4v) is 5.73. The predicted octanol–water partition coefficient (Wildman–Crippen LogP) is 3.68. The summed E-state index contributed by atoms with van der Waals surface area (Å²) < 4.78 is 41.3. The third kappa shape index (κ3) is 6.52. The summed E-state index contributed by atoms with van der Waals surface area (Å²) >= 11 is 0. The molecule has 0 aromatic heterocycles. The zero-order valence-electron chi connectivity index (χ0n) is 25.5. The SMILES string of the molecule is CCOc1ccc(Cc2cc([C@]34OC[C@](C(C)OC(C)=O)(O3)[C@@H](OC(C)=O)[C@H](OC(C)=O)[C@H]4OC(C)=O)ccc2C)cc1. The van der Waals surface area contributed by atoms with Gasteiger partial charge in [-0.1, -0.05) is 24.3 Å². The molecule has 0 radical (unpaired) electrons. The van der Waals surface area contributed by atoms with E-state index in [1.165, 1.54) is 27.7 Å². The van der Waals surface area contributed by atoms with Crippen molar-refractivity contribution in [2.45, 2.75) is 90.7 Å². The van der Waals surface area contributed by atoms with Crippen molar-refractivity contribution in [3.05, 3.63) is 64.7 Å². The number of rotatable bonds is 10. The largest absolute Gasteiger partial charge is 0.494 e. The molecule has 2 fully saturated rings. The first kappa shape index (κ1) is 32.0. The van der Waals surface area contributed by atoms with Crippen molar-refractivity contribution < 1.29 is 52.3 Å². The number of fused-ring (bicyclic) bond motifs is 2. The fraction of sp³-hybridized carbons (Fsp3) is 0.500. The van der Waals surface area contributed by atoms with E-state index in [1.807, 2.05) is 50.2 Å². The van der Waals surface area contributed by atoms with Gasteiger partial charge >= 0.3 is 23.9 Å². The van der Waals surface area contributed by atoms with Crippen LogP contribution in [0.4, 0.5) is 0 Å². The highest BCUT2D eigenvalue weighted by molar-refractivity contribution is 5.69. The second-order valence-corrected chi connectivity index (χ2v) is 10.8. The molecule has 0 saturated carbocycles. The zero-order valence-corrected chi connectivity index (χ0v) is 25.5. The van der Waals surface area contributed by atoms with Crippen LogP contribution >= 0.6 is 0 Å². The lowest BCUT2D eigenvalue weighted by atomic mass is 9.80. The van der Waals surface area contributed by atoms with E-state index in [-0.39, 0.29) is 6.61 Å². The van der Waals surface area contributed by atoms with E-state index >= 15 is 0 Å². The highest BCUT2D eigenvalue weighted by Crippen LogP contribution is 2.54. The van der Waals surface area contributed by atoms with Crippen molar-refractivity contribution in [1.82, 2.24) is 0 Å². The van der Waals surface area contributed by atoms with Crippen molar-refractivity contribution in [3.8, 4) is 5.75 Å². The summed E-state index contributed by atoms with van der Waals surface area (Å²) in [5, 5.41) is 0. The van der Waals surface area contributed by atoms with Gasteiger partial charge in [-0.3, -0.25) is 19.2 Å². The summed E-state index contributed by atoms with van der Waals surface area (Å²) in [6.45, 7) is 10.6. The van der Waals surface area contributed by atoms with Crippen LogP contribution in [-0.2, 0) is 59.8 Å². The maximum Gasteiger partial charge on any atom is 0.303 e. The van der Waals surface area contributed by atoms with Crippen LogP contribution in [0.2, 0.25) is 0 Å². The lowest BCUT2D eigenvalue weighted by Gasteiger charge is -2.50. The normalized spacial score (nSPS) is 26.6. The van der Waals surface area contributed by atoms with Gasteiger partial charge in [-0.2, -0.15) is 0 Å². The minimum Gasteiger partial charge on any atom is -0.494 e. The number of esters is 4. The standard InChI is InChI=1S/C32H38O11/c1-8-37-27-13-10-24(11-14-27)15-25-16-26(12-9-18(25)2)32-30(42-23(7)36)28(40-21(5)34)29(41-22(6)35)31(43-32,17-38-32)19(3)39-20(4)33/h9-14,16,19,28-30H,8,15,17H2,1-7H3/t19?,28-,29-,30+,31+,32-/m0/s1. The first-order valence-electron chi connectivity index (χ1n) is 14.2. The Bertz CT molecular complexity index is 1370. The molecule has 0 spiro atoms. The average molecular weight is 599 g/mol. The third-order valence-corrected chi connectivity index (χ3v) is 7.61. The topological polar surface area (TPSA) is 133 Å². The van der Waals surface area contributed by atoms with Crippen molar-refractivity contribution in [2.75, 3.05) is 13.2 Å². The third-order valence-electron chi connectivity index (χ3n) is 7.61. The van der Waals surface area contributed by atoms with E-state index in [1.54, 1.807) is 13.0 Å². The Morgan fingerprint density at radius 3 is 2.09 bits per heavy atom. The maximum absolute atomic E-state index is 12.5. The summed E-state index contributed by atoms with van der Waals surface area (Å²) in [5.41, 5.74) is 1.80. The van der Waals surface area contributed by atoms with E-state index in [0.29, 0.717) is 18.6 Å². The Balaban J connectivity index is 1.86. The molecule has 4 rings (SSSR count). The molecule has 2 saturated heterocycles. The molecule has 2 bridgehead atoms. The van der Waals surface area contributed by atoms with Gasteiger partial charge in [-0.05, 0) is 62.1 Å². The molecule has 2 aliphatic heterocycles. The van der Waals surface area contributed by atoms with Crippen LogP contribution in [0.1, 0.15) is 63.8 Å². The van der Waals surface area contributed by atoms with Crippen LogP contribution in [0, 0.1) is 6.92 Å². The van der Waals surface area contributed by atoms with E-state index in [9.17, 15) is 19.2 Å². The lowest BCUT2D eigenvalue weighted by molar-refractivity contribution is -0.340. The highest BCUT2D eigenvalue weighted by Gasteiger charge is 2.74. The Morgan fingerprint density at radius 2 is 1.51 bits per heavy atom. The first-order chi connectivity index (χ1) is 20.3. The van der Waals surface area contributed by atoms with E-state index < -0.39 is 59.7 Å². The molecule has 1 unspecified atom stereocenters. The Kier molecular flexibility index (Phi) is 9.46. The molecular formula is C32H38O11. The number of hydrogen-bond donors (Lipinski definition) is 0. The number of benzene rings is 2. The van der Waals surface area contributed by atoms with Crippen LogP contribution < -0.4 is 4.74 Å². The molecule has 2 aliphatic rings. The zero-order chi connectivity index (χ0) is 31.5. The molecule has 0 amide bonds. The van der Waals surface area contributed by atoms with Crippen molar-refractivity contribution in [1.29, 1.82) is 0 Å². The summed E-state index contributed by atoms with van der Waals surface area (Å²) in [4.78, 5) is 49.2. The van der Waals surface area contributed by atoms with E-state index in [4.69, 9.17) is 33.2 Å². The van der Waals surface area contributed by atoms with Gasteiger partial charge in [0.25, 0.3) is 0 Å². The van der Waals surface area contributed by atoms with Gasteiger partial charge in [0.15, 0.2) is 17.8 Å². The van der Waals surface area contributed by atoms with E-state index in [2.05, 4.69) is 0 Å². The smallest absolute Gasteiger partial charge is 0.303 e. The Morgan fingerprint density at radius 1 is 0.884 bits per heavy atom. The predicted molar refractivity (Wildman–Crippen MR) is 151 cm³/mol. The Hall–Kier alpha value is -3.96. The molecule has 2 heterocycles. The van der Waals surface area contributed by atoms with Gasteiger partial charge < -0.3 is 33.2 Å². The molecule has 11 nitrogen and oxygen atoms in total. The highest BCUT2D eigenvalue weighted by atomic mass is 16.8. The summed E-state index contributed by atoms with van der Waals surface area (Å²) in [6, 6.07) is 13.3. The maximum atomic E-state index is 12.5. The summed E-state index contributed by atoms with van der Waals surface area (Å²) in [5.74, 6) is -3.78. The van der Waals surface area contributed by atoms with Gasteiger partial charge in [0, 0.05) is 33.3 Å². The second-order valence-electron chi connectivity index (χ2n) is 10.8. The van der Waals surface area contributed by atoms with E-state index in [0.717, 1.165) is 22.4 Å². The van der Waals surface area contributed by atoms with Crippen molar-refractivity contribution in [2.24, 2.45) is 0 Å². The number of carbonyl (C=O) groups excluding carboxylic acids is 4. The van der Waals surface area contributed by atoms with Crippen molar-refractivity contribution >= 4 is 23.9 Å². The molecule has 232 valence electrons. The molecule has 11 heteroatoms.